The molecule has 5 aromatic carbocycles. The summed E-state index contributed by atoms with van der Waals surface area (Å²) in [5, 5.41) is 18.6. The number of para-hydroxylation sites is 2. The lowest BCUT2D eigenvalue weighted by molar-refractivity contribution is -0.112. The minimum Gasteiger partial charge on any atom is -0.399 e. The van der Waals surface area contributed by atoms with Crippen LogP contribution in [-0.2, 0) is 19.6 Å². The Morgan fingerprint density at radius 1 is 0.685 bits per heavy atom. The fourth-order valence-electron chi connectivity index (χ4n) is 10.2. The summed E-state index contributed by atoms with van der Waals surface area (Å²) >= 11 is 21.0. The maximum absolute atomic E-state index is 13.5. The highest BCUT2D eigenvalue weighted by molar-refractivity contribution is 9.09. The van der Waals surface area contributed by atoms with Gasteiger partial charge in [-0.1, -0.05) is 113 Å². The van der Waals surface area contributed by atoms with Gasteiger partial charge in [0.2, 0.25) is 23.0 Å². The highest BCUT2D eigenvalue weighted by Crippen LogP contribution is 2.37. The van der Waals surface area contributed by atoms with Gasteiger partial charge in [0.25, 0.3) is 21.8 Å². The number of benzene rings is 5. The Kier molecular flexibility index (Phi) is 23.3. The molecule has 4 heterocycles. The highest BCUT2D eigenvalue weighted by atomic mass is 79.9. The molecule has 8 N–H and O–H groups in total. The molecule has 2 aliphatic carbocycles. The molecule has 4 atom stereocenters. The number of rotatable bonds is 18. The summed E-state index contributed by atoms with van der Waals surface area (Å²) in [5.41, 5.74) is 12.2. The molecule has 4 aromatic heterocycles. The van der Waals surface area contributed by atoms with Gasteiger partial charge in [-0.15, -0.1) is 0 Å². The van der Waals surface area contributed by atoms with Gasteiger partial charge < -0.3 is 42.2 Å². The van der Waals surface area contributed by atoms with Gasteiger partial charge in [0.1, 0.15) is 0 Å². The number of nitrogens with two attached hydrogens (primary N) is 1. The third-order valence-corrected chi connectivity index (χ3v) is 17.2. The zero-order valence-corrected chi connectivity index (χ0v) is 52.5. The van der Waals surface area contributed by atoms with Gasteiger partial charge in [-0.2, -0.15) is 0 Å². The average Bonchev–Trinajstić information content (AvgIpc) is 1.98. The van der Waals surface area contributed by atoms with Crippen molar-refractivity contribution in [2.75, 3.05) is 47.7 Å². The van der Waals surface area contributed by atoms with Crippen molar-refractivity contribution in [3.05, 3.63) is 198 Å². The van der Waals surface area contributed by atoms with E-state index in [1.165, 1.54) is 22.3 Å². The Labute approximate surface area is 540 Å². The average molecular weight is 1340 g/mol. The number of likely N-dealkylation sites (N-methyl/N-ethyl adjacent to an activating group) is 1. The molecular formula is C65H67BrCl3N13O6S. The van der Waals surface area contributed by atoms with Crippen molar-refractivity contribution in [2.45, 2.75) is 75.0 Å². The first-order valence-corrected chi connectivity index (χ1v) is 31.8. The van der Waals surface area contributed by atoms with E-state index in [9.17, 15) is 27.6 Å². The van der Waals surface area contributed by atoms with Crippen LogP contribution in [0.5, 0.6) is 0 Å². The fraction of sp³-hybridized carbons (Fsp3) is 0.231. The molecule has 11 rings (SSSR count). The number of alkyl halides is 1. The number of carbonyl (C=O) groups is 4. The van der Waals surface area contributed by atoms with E-state index >= 15 is 0 Å². The molecule has 0 radical (unpaired) electrons. The summed E-state index contributed by atoms with van der Waals surface area (Å²) in [7, 11) is 0.0107. The number of aromatic amines is 1. The third kappa shape index (κ3) is 17.7. The van der Waals surface area contributed by atoms with Crippen LogP contribution in [0.2, 0.25) is 10.0 Å². The Morgan fingerprint density at radius 2 is 1.21 bits per heavy atom. The minimum absolute atomic E-state index is 0. The molecule has 0 spiro atoms. The number of H-pyrrole nitrogens is 1. The largest absolute Gasteiger partial charge is 0.399 e. The van der Waals surface area contributed by atoms with Crippen LogP contribution in [0, 0.1) is 0 Å². The number of carbonyl (C=O) groups excluding carboxylic acids is 4. The molecule has 0 saturated heterocycles. The van der Waals surface area contributed by atoms with Gasteiger partial charge in [0.15, 0.2) is 0 Å². The zero-order chi connectivity index (χ0) is 62.3. The van der Waals surface area contributed by atoms with Crippen LogP contribution in [-0.4, -0.2) is 115 Å². The van der Waals surface area contributed by atoms with Gasteiger partial charge >= 0.3 is 0 Å². The molecule has 2 saturated carbocycles. The summed E-state index contributed by atoms with van der Waals surface area (Å²) in [6, 6.07) is 37.5. The molecular weight excluding hydrogens is 1280 g/mol. The van der Waals surface area contributed by atoms with Crippen molar-refractivity contribution < 1.29 is 27.6 Å². The number of anilines is 4. The Balaban J connectivity index is 0.000000206. The van der Waals surface area contributed by atoms with Crippen molar-refractivity contribution in [1.82, 2.24) is 44.4 Å². The molecule has 2 aliphatic rings. The summed E-state index contributed by atoms with van der Waals surface area (Å²) in [4.78, 5) is 71.0. The van der Waals surface area contributed by atoms with Gasteiger partial charge in [0.05, 0.1) is 44.2 Å². The van der Waals surface area contributed by atoms with Crippen LogP contribution in [0.15, 0.2) is 181 Å². The van der Waals surface area contributed by atoms with Gasteiger partial charge in [0, 0.05) is 104 Å². The van der Waals surface area contributed by atoms with Crippen molar-refractivity contribution in [3.8, 4) is 22.5 Å². The number of amides is 3. The van der Waals surface area contributed by atoms with Crippen LogP contribution in [0.25, 0.3) is 44.3 Å². The quantitative estimate of drug-likeness (QED) is 0.0182. The Hall–Kier alpha value is -8.44. The number of hydrogen-bond acceptors (Lipinski definition) is 14. The number of halogens is 4. The predicted molar refractivity (Wildman–Crippen MR) is 361 cm³/mol. The Morgan fingerprint density at radius 3 is 1.78 bits per heavy atom. The van der Waals surface area contributed by atoms with Crippen LogP contribution >= 0.6 is 50.7 Å². The van der Waals surface area contributed by atoms with Crippen LogP contribution in [0.1, 0.15) is 66.7 Å². The second-order valence-corrected chi connectivity index (χ2v) is 24.7. The summed E-state index contributed by atoms with van der Waals surface area (Å²) < 4.78 is 28.3. The van der Waals surface area contributed by atoms with E-state index < -0.39 is 15.3 Å². The first kappa shape index (κ1) is 66.5. The number of nitrogens with zero attached hydrogens (tertiary/aromatic N) is 6. The maximum atomic E-state index is 13.5. The van der Waals surface area contributed by atoms with Gasteiger partial charge in [-0.3, -0.25) is 19.2 Å². The number of aromatic nitrogens is 6. The molecule has 0 aliphatic heterocycles. The number of nitrogens with one attached hydrogen (secondary N) is 6. The fourth-order valence-corrected chi connectivity index (χ4v) is 12.2. The number of allylic oxidation sites excluding steroid dienone is 2. The number of fused-ring (bicyclic) bond motifs is 2. The molecule has 2 fully saturated rings. The van der Waals surface area contributed by atoms with Crippen LogP contribution in [0.3, 0.4) is 0 Å². The minimum atomic E-state index is -3.86. The SMILES string of the molecule is C.CN(C)C/C=C/C(=O)Nc1ccc(C(=O)N[C@@H]2CC[C@H](Nc3ncc(Cl)c(-c4c[nH]c5ccccc45)n3)C2)cc1.Nc1ccc(C(=O)N[C@@H]2CCC(Nc3ncc(Cl)c(-c4cn(S(=O)(=O)c5ccccc5)c5ccccc45)n3)C2)cc1.O=C(Cl)/C=C/CBr. The molecule has 19 nitrogen and oxygen atoms in total. The normalized spacial score (nSPS) is 16.3. The van der Waals surface area contributed by atoms with Crippen molar-refractivity contribution in [3.63, 3.8) is 0 Å². The first-order chi connectivity index (χ1) is 42.4. The molecule has 1 unspecified atom stereocenters. The topological polar surface area (TPSA) is 264 Å². The van der Waals surface area contributed by atoms with E-state index in [0.717, 1.165) is 48.6 Å². The lowest BCUT2D eigenvalue weighted by Crippen LogP contribution is -2.34. The molecule has 462 valence electrons. The van der Waals surface area contributed by atoms with E-state index in [0.29, 0.717) is 90.6 Å². The molecule has 89 heavy (non-hydrogen) atoms. The predicted octanol–water partition coefficient (Wildman–Crippen LogP) is 12.8. The van der Waals surface area contributed by atoms with E-state index in [4.69, 9.17) is 50.5 Å². The molecule has 24 heteroatoms. The van der Waals surface area contributed by atoms with Crippen LogP contribution in [0.4, 0.5) is 23.3 Å². The summed E-state index contributed by atoms with van der Waals surface area (Å²) in [5.74, 6) is 0.404. The summed E-state index contributed by atoms with van der Waals surface area (Å²) in [6.07, 6.45) is 17.7. The van der Waals surface area contributed by atoms with Gasteiger partial charge in [-0.05, 0) is 143 Å². The lowest BCUT2D eigenvalue weighted by atomic mass is 10.1. The third-order valence-electron chi connectivity index (χ3n) is 14.4. The zero-order valence-electron chi connectivity index (χ0n) is 47.8. The summed E-state index contributed by atoms with van der Waals surface area (Å²) in [6.45, 7) is 0.683. The second kappa shape index (κ2) is 31.1. The Bertz CT molecular complexity index is 4110. The number of hydrogen-bond donors (Lipinski definition) is 7. The standard InChI is InChI=1S/C30H32ClN7O2.C30H27ClN6O3S.C4H4BrClO.CH4/c1-38(2)15-5-8-27(39)34-20-11-9-19(10-12-20)29(40)35-21-13-14-22(16-21)36-30-33-18-25(31)28(37-30)24-17-32-26-7-4-3-6-23(24)26;31-26-17-33-30(35-22-15-14-21(16-22)34-29(38)19-10-12-20(32)13-11-19)36-28(26)25-18-37(27-9-5-4-8-24(25)27)41(39,40)23-6-2-1-3-7-23;5-3-1-2-4(6)7;/h3-12,17-18,21-22,32H,13-16H2,1-2H3,(H,34,39)(H,35,40)(H,33,36,37);1-13,17-18,21-22H,14-16,32H2,(H,34,38)(H,33,35,36);1-2H,3H2;1H4/b8-5+;;2-1+;/t21-,22+;21-,22?;;/m11../s1. The van der Waals surface area contributed by atoms with E-state index in [2.05, 4.69) is 57.5 Å². The maximum Gasteiger partial charge on any atom is 0.268 e. The molecule has 9 aromatic rings. The molecule has 3 amide bonds. The van der Waals surface area contributed by atoms with Crippen LogP contribution < -0.4 is 32.3 Å². The van der Waals surface area contributed by atoms with E-state index in [1.807, 2.05) is 61.6 Å². The monoisotopic (exact) mass is 1340 g/mol. The van der Waals surface area contributed by atoms with Crippen molar-refractivity contribution >= 4 is 129 Å². The first-order valence-electron chi connectivity index (χ1n) is 28.1. The highest BCUT2D eigenvalue weighted by Gasteiger charge is 2.30. The van der Waals surface area contributed by atoms with Crippen molar-refractivity contribution in [1.29, 1.82) is 0 Å². The molecule has 0 bridgehead atoms. The van der Waals surface area contributed by atoms with Gasteiger partial charge in [-0.25, -0.2) is 32.3 Å². The van der Waals surface area contributed by atoms with E-state index in [-0.39, 0.29) is 54.2 Å². The number of nitrogen functional groups attached to an aromatic ring is 1. The smallest absolute Gasteiger partial charge is 0.268 e. The lowest BCUT2D eigenvalue weighted by Gasteiger charge is -2.15. The van der Waals surface area contributed by atoms with Crippen molar-refractivity contribution in [2.24, 2.45) is 0 Å². The van der Waals surface area contributed by atoms with E-state index in [1.54, 1.807) is 116 Å². The second-order valence-electron chi connectivity index (χ2n) is 21.1.